The fourth-order valence-corrected chi connectivity index (χ4v) is 1.60. The molecule has 1 aromatic rings. The third-order valence-electron chi connectivity index (χ3n) is 2.98. The zero-order chi connectivity index (χ0) is 12.3. The Morgan fingerprint density at radius 3 is 2.56 bits per heavy atom. The van der Waals surface area contributed by atoms with Gasteiger partial charge in [-0.2, -0.15) is 0 Å². The summed E-state index contributed by atoms with van der Waals surface area (Å²) < 4.78 is 5.19. The smallest absolute Gasteiger partial charge is 0.124 e. The molecule has 0 spiro atoms. The molecular weight excluding hydrogens is 204 g/mol. The second-order valence-electron chi connectivity index (χ2n) is 4.36. The first-order chi connectivity index (χ1) is 7.42. The predicted octanol–water partition coefficient (Wildman–Crippen LogP) is 2.20. The molecule has 90 valence electrons. The number of rotatable bonds is 4. The van der Waals surface area contributed by atoms with E-state index >= 15 is 0 Å². The zero-order valence-electron chi connectivity index (χ0n) is 10.3. The first kappa shape index (κ1) is 13.0. The highest BCUT2D eigenvalue weighted by atomic mass is 16.5. The Kier molecular flexibility index (Phi) is 3.94. The molecule has 0 radical (unpaired) electrons. The van der Waals surface area contributed by atoms with Gasteiger partial charge in [0.05, 0.1) is 12.7 Å². The van der Waals surface area contributed by atoms with Gasteiger partial charge in [-0.1, -0.05) is 18.6 Å². The number of benzene rings is 1. The van der Waals surface area contributed by atoms with Crippen LogP contribution in [0, 0.1) is 6.92 Å². The molecule has 0 saturated heterocycles. The van der Waals surface area contributed by atoms with E-state index in [1.165, 1.54) is 0 Å². The largest absolute Gasteiger partial charge is 0.496 e. The summed E-state index contributed by atoms with van der Waals surface area (Å²) in [5.41, 5.74) is 0.525. The fraction of sp³-hybridized carbons (Fsp3) is 0.538. The van der Waals surface area contributed by atoms with Crippen LogP contribution in [0.1, 0.15) is 37.5 Å². The molecule has 0 amide bonds. The molecule has 1 rings (SSSR count). The zero-order valence-corrected chi connectivity index (χ0v) is 10.3. The average molecular weight is 224 g/mol. The second kappa shape index (κ2) is 4.85. The molecule has 0 fully saturated rings. The topological polar surface area (TPSA) is 49.7 Å². The number of aliphatic hydroxyl groups excluding tert-OH is 1. The van der Waals surface area contributed by atoms with Crippen molar-refractivity contribution in [3.05, 3.63) is 29.3 Å². The molecule has 0 saturated carbocycles. The maximum Gasteiger partial charge on any atom is 0.124 e. The lowest BCUT2D eigenvalue weighted by molar-refractivity contribution is -0.0667. The van der Waals surface area contributed by atoms with E-state index in [-0.39, 0.29) is 0 Å². The van der Waals surface area contributed by atoms with E-state index in [9.17, 15) is 10.2 Å². The van der Waals surface area contributed by atoms with Gasteiger partial charge in [0.25, 0.3) is 0 Å². The quantitative estimate of drug-likeness (QED) is 0.824. The van der Waals surface area contributed by atoms with Gasteiger partial charge in [-0.3, -0.25) is 0 Å². The molecule has 2 unspecified atom stereocenters. The monoisotopic (exact) mass is 224 g/mol. The molecule has 2 atom stereocenters. The van der Waals surface area contributed by atoms with Gasteiger partial charge in [-0.15, -0.1) is 0 Å². The van der Waals surface area contributed by atoms with Gasteiger partial charge < -0.3 is 14.9 Å². The lowest BCUT2D eigenvalue weighted by atomic mass is 9.89. The molecule has 3 heteroatoms. The SMILES string of the molecule is CCC(C)(O)C(O)c1cc(C)ccc1OC. The first-order valence-electron chi connectivity index (χ1n) is 5.47. The summed E-state index contributed by atoms with van der Waals surface area (Å²) in [6.45, 7) is 5.40. The van der Waals surface area contributed by atoms with Crippen LogP contribution in [0.3, 0.4) is 0 Å². The van der Waals surface area contributed by atoms with Crippen LogP contribution in [0.4, 0.5) is 0 Å². The summed E-state index contributed by atoms with van der Waals surface area (Å²) in [6.07, 6.45) is -0.460. The van der Waals surface area contributed by atoms with Gasteiger partial charge in [0, 0.05) is 5.56 Å². The molecule has 0 aliphatic rings. The minimum atomic E-state index is -1.14. The highest BCUT2D eigenvalue weighted by Gasteiger charge is 2.31. The van der Waals surface area contributed by atoms with Crippen molar-refractivity contribution < 1.29 is 14.9 Å². The summed E-state index contributed by atoms with van der Waals surface area (Å²) in [4.78, 5) is 0. The number of hydrogen-bond donors (Lipinski definition) is 2. The summed E-state index contributed by atoms with van der Waals surface area (Å²) in [7, 11) is 1.56. The fourth-order valence-electron chi connectivity index (χ4n) is 1.60. The Morgan fingerprint density at radius 1 is 1.44 bits per heavy atom. The van der Waals surface area contributed by atoms with E-state index < -0.39 is 11.7 Å². The molecule has 0 aromatic heterocycles. The highest BCUT2D eigenvalue weighted by molar-refractivity contribution is 5.39. The Morgan fingerprint density at radius 2 is 2.06 bits per heavy atom. The van der Waals surface area contributed by atoms with Gasteiger partial charge >= 0.3 is 0 Å². The molecule has 0 aliphatic heterocycles. The van der Waals surface area contributed by atoms with Crippen LogP contribution in [-0.2, 0) is 0 Å². The van der Waals surface area contributed by atoms with Crippen molar-refractivity contribution in [1.82, 2.24) is 0 Å². The standard InChI is InChI=1S/C13H20O3/c1-5-13(3,15)12(14)10-8-9(2)6-7-11(10)16-4/h6-8,12,14-15H,5H2,1-4H3. The predicted molar refractivity (Wildman–Crippen MR) is 63.6 cm³/mol. The van der Waals surface area contributed by atoms with Gasteiger partial charge in [0.15, 0.2) is 0 Å². The van der Waals surface area contributed by atoms with Crippen molar-refractivity contribution in [2.24, 2.45) is 0 Å². The van der Waals surface area contributed by atoms with Crippen molar-refractivity contribution >= 4 is 0 Å². The summed E-state index contributed by atoms with van der Waals surface area (Å²) in [5.74, 6) is 0.604. The van der Waals surface area contributed by atoms with Gasteiger partial charge in [-0.25, -0.2) is 0 Å². The molecule has 0 aliphatic carbocycles. The van der Waals surface area contributed by atoms with Crippen LogP contribution < -0.4 is 4.74 Å². The van der Waals surface area contributed by atoms with E-state index in [0.29, 0.717) is 17.7 Å². The second-order valence-corrected chi connectivity index (χ2v) is 4.36. The van der Waals surface area contributed by atoms with E-state index in [1.807, 2.05) is 26.0 Å². The Hall–Kier alpha value is -1.06. The van der Waals surface area contributed by atoms with E-state index in [4.69, 9.17) is 4.74 Å². The average Bonchev–Trinajstić information content (AvgIpc) is 2.28. The van der Waals surface area contributed by atoms with Crippen molar-refractivity contribution in [3.8, 4) is 5.75 Å². The molecule has 0 heterocycles. The maximum absolute atomic E-state index is 10.2. The molecule has 3 nitrogen and oxygen atoms in total. The van der Waals surface area contributed by atoms with Gasteiger partial charge in [0.2, 0.25) is 0 Å². The van der Waals surface area contributed by atoms with Crippen LogP contribution in [0.5, 0.6) is 5.75 Å². The Bertz CT molecular complexity index is 358. The number of hydrogen-bond acceptors (Lipinski definition) is 3. The Labute approximate surface area is 96.7 Å². The lowest BCUT2D eigenvalue weighted by Crippen LogP contribution is -2.32. The number of ether oxygens (including phenoxy) is 1. The number of aryl methyl sites for hydroxylation is 1. The summed E-state index contributed by atoms with van der Waals surface area (Å²) >= 11 is 0. The van der Waals surface area contributed by atoms with Crippen LogP contribution in [0.15, 0.2) is 18.2 Å². The third-order valence-corrected chi connectivity index (χ3v) is 2.98. The molecule has 0 bridgehead atoms. The molecular formula is C13H20O3. The van der Waals surface area contributed by atoms with Gasteiger partial charge in [0.1, 0.15) is 11.9 Å². The molecule has 2 N–H and O–H groups in total. The minimum Gasteiger partial charge on any atom is -0.496 e. The van der Waals surface area contributed by atoms with Crippen LogP contribution in [-0.4, -0.2) is 22.9 Å². The molecule has 16 heavy (non-hydrogen) atoms. The van der Waals surface area contributed by atoms with Crippen LogP contribution >= 0.6 is 0 Å². The lowest BCUT2D eigenvalue weighted by Gasteiger charge is -2.29. The minimum absolute atomic E-state index is 0.477. The highest BCUT2D eigenvalue weighted by Crippen LogP contribution is 2.34. The van der Waals surface area contributed by atoms with E-state index in [2.05, 4.69) is 0 Å². The van der Waals surface area contributed by atoms with Crippen LogP contribution in [0.2, 0.25) is 0 Å². The third kappa shape index (κ3) is 2.54. The van der Waals surface area contributed by atoms with E-state index in [1.54, 1.807) is 20.1 Å². The van der Waals surface area contributed by atoms with Crippen molar-refractivity contribution in [1.29, 1.82) is 0 Å². The first-order valence-corrected chi connectivity index (χ1v) is 5.47. The van der Waals surface area contributed by atoms with Crippen molar-refractivity contribution in [2.45, 2.75) is 38.9 Å². The van der Waals surface area contributed by atoms with Gasteiger partial charge in [-0.05, 0) is 32.4 Å². The number of methoxy groups -OCH3 is 1. The van der Waals surface area contributed by atoms with Crippen molar-refractivity contribution in [2.75, 3.05) is 7.11 Å². The maximum atomic E-state index is 10.2. The van der Waals surface area contributed by atoms with Crippen LogP contribution in [0.25, 0.3) is 0 Å². The normalized spacial score (nSPS) is 16.6. The summed E-state index contributed by atoms with van der Waals surface area (Å²) in [5, 5.41) is 20.2. The Balaban J connectivity index is 3.16. The molecule has 1 aromatic carbocycles. The van der Waals surface area contributed by atoms with Crippen molar-refractivity contribution in [3.63, 3.8) is 0 Å². The number of aliphatic hydroxyl groups is 2. The van der Waals surface area contributed by atoms with E-state index in [0.717, 1.165) is 5.56 Å². The summed E-state index contributed by atoms with van der Waals surface area (Å²) in [6, 6.07) is 5.56.